The minimum Gasteiger partial charge on any atom is -0.497 e. The second-order valence-electron chi connectivity index (χ2n) is 8.18. The molecule has 5 rings (SSSR count). The van der Waals surface area contributed by atoms with Crippen LogP contribution in [-0.4, -0.2) is 18.0 Å². The van der Waals surface area contributed by atoms with Crippen LogP contribution in [0.4, 0.5) is 0 Å². The van der Waals surface area contributed by atoms with E-state index in [1.54, 1.807) is 13.2 Å². The summed E-state index contributed by atoms with van der Waals surface area (Å²) in [5.41, 5.74) is 5.52. The van der Waals surface area contributed by atoms with Gasteiger partial charge in [0.2, 0.25) is 0 Å². The van der Waals surface area contributed by atoms with Crippen molar-refractivity contribution in [3.8, 4) is 16.9 Å². The molecule has 154 valence electrons. The second kappa shape index (κ2) is 7.55. The summed E-state index contributed by atoms with van der Waals surface area (Å²) in [5, 5.41) is 4.43. The Labute approximate surface area is 181 Å². The summed E-state index contributed by atoms with van der Waals surface area (Å²) < 4.78 is 5.32. The smallest absolute Gasteiger partial charge is 0.252 e. The van der Waals surface area contributed by atoms with Crippen molar-refractivity contribution in [3.05, 3.63) is 95.7 Å². The molecule has 1 aliphatic carbocycles. The third-order valence-corrected chi connectivity index (χ3v) is 6.14. The average molecular weight is 409 g/mol. The fourth-order valence-corrected chi connectivity index (χ4v) is 4.22. The van der Waals surface area contributed by atoms with Crippen molar-refractivity contribution < 1.29 is 9.53 Å². The van der Waals surface area contributed by atoms with Gasteiger partial charge < -0.3 is 10.1 Å². The number of aromatic nitrogens is 1. The molecular weight excluding hydrogens is 384 g/mol. The normalized spacial score (nSPS) is 14.3. The van der Waals surface area contributed by atoms with Crippen molar-refractivity contribution in [3.63, 3.8) is 0 Å². The number of hydrogen-bond donors (Lipinski definition) is 1. The fourth-order valence-electron chi connectivity index (χ4n) is 4.22. The zero-order valence-electron chi connectivity index (χ0n) is 17.7. The highest BCUT2D eigenvalue weighted by atomic mass is 16.5. The maximum atomic E-state index is 13.3. The van der Waals surface area contributed by atoms with Gasteiger partial charge in [-0.3, -0.25) is 9.78 Å². The molecule has 0 aliphatic heterocycles. The number of fused-ring (bicyclic) bond motifs is 1. The lowest BCUT2D eigenvalue weighted by Gasteiger charge is -2.22. The van der Waals surface area contributed by atoms with Gasteiger partial charge in [-0.05, 0) is 72.4 Å². The van der Waals surface area contributed by atoms with Gasteiger partial charge in [0.15, 0.2) is 0 Å². The van der Waals surface area contributed by atoms with Gasteiger partial charge in [0.05, 0.1) is 18.2 Å². The van der Waals surface area contributed by atoms with Gasteiger partial charge in [-0.2, -0.15) is 0 Å². The molecule has 4 nitrogen and oxygen atoms in total. The summed E-state index contributed by atoms with van der Waals surface area (Å²) in [7, 11) is 1.61. The van der Waals surface area contributed by atoms with E-state index in [-0.39, 0.29) is 11.4 Å². The minimum atomic E-state index is -0.376. The predicted molar refractivity (Wildman–Crippen MR) is 123 cm³/mol. The Morgan fingerprint density at radius 1 is 0.968 bits per heavy atom. The summed E-state index contributed by atoms with van der Waals surface area (Å²) in [6, 6.07) is 24.3. The highest BCUT2D eigenvalue weighted by Crippen LogP contribution is 2.49. The van der Waals surface area contributed by atoms with E-state index in [9.17, 15) is 4.79 Å². The number of hydrogen-bond acceptors (Lipinski definition) is 3. The van der Waals surface area contributed by atoms with Crippen molar-refractivity contribution >= 4 is 16.8 Å². The Morgan fingerprint density at radius 2 is 1.77 bits per heavy atom. The van der Waals surface area contributed by atoms with Crippen LogP contribution < -0.4 is 10.1 Å². The van der Waals surface area contributed by atoms with E-state index in [0.29, 0.717) is 11.3 Å². The summed E-state index contributed by atoms with van der Waals surface area (Å²) in [6.07, 6.45) is 3.63. The molecule has 3 aromatic carbocycles. The predicted octanol–water partition coefficient (Wildman–Crippen LogP) is 5.64. The van der Waals surface area contributed by atoms with Gasteiger partial charge in [0.25, 0.3) is 5.91 Å². The van der Waals surface area contributed by atoms with Crippen molar-refractivity contribution in [2.24, 2.45) is 0 Å². The van der Waals surface area contributed by atoms with E-state index in [4.69, 9.17) is 4.74 Å². The molecule has 1 fully saturated rings. The van der Waals surface area contributed by atoms with Crippen LogP contribution in [0.5, 0.6) is 5.75 Å². The SMILES string of the molecule is COc1ccc(C)c(C(=O)NC2(c3cc(-c4ccccc4)cc4ncccc34)CC2)c1. The Kier molecular flexibility index (Phi) is 4.70. The topological polar surface area (TPSA) is 51.2 Å². The molecule has 4 aromatic rings. The molecule has 1 amide bonds. The first kappa shape index (κ1) is 19.3. The molecule has 1 heterocycles. The van der Waals surface area contributed by atoms with Crippen LogP contribution in [0, 0.1) is 6.92 Å². The average Bonchev–Trinajstić information content (AvgIpc) is 3.59. The van der Waals surface area contributed by atoms with Gasteiger partial charge >= 0.3 is 0 Å². The minimum absolute atomic E-state index is 0.0731. The zero-order chi connectivity index (χ0) is 21.4. The van der Waals surface area contributed by atoms with Gasteiger partial charge in [-0.15, -0.1) is 0 Å². The quantitative estimate of drug-likeness (QED) is 0.465. The molecule has 1 aromatic heterocycles. The van der Waals surface area contributed by atoms with Crippen molar-refractivity contribution in [2.45, 2.75) is 25.3 Å². The van der Waals surface area contributed by atoms with E-state index in [2.05, 4.69) is 40.6 Å². The number of benzene rings is 3. The number of rotatable bonds is 5. The van der Waals surface area contributed by atoms with E-state index in [0.717, 1.165) is 46.0 Å². The van der Waals surface area contributed by atoms with Crippen LogP contribution >= 0.6 is 0 Å². The van der Waals surface area contributed by atoms with Crippen LogP contribution in [0.1, 0.15) is 34.3 Å². The van der Waals surface area contributed by atoms with E-state index in [1.807, 2.05) is 49.5 Å². The van der Waals surface area contributed by atoms with E-state index in [1.165, 1.54) is 0 Å². The summed E-state index contributed by atoms with van der Waals surface area (Å²) in [6.45, 7) is 1.95. The van der Waals surface area contributed by atoms with Crippen molar-refractivity contribution in [2.75, 3.05) is 7.11 Å². The largest absolute Gasteiger partial charge is 0.497 e. The molecule has 0 atom stereocenters. The number of ether oxygens (including phenoxy) is 1. The Hall–Kier alpha value is -3.66. The Balaban J connectivity index is 1.58. The summed E-state index contributed by atoms with van der Waals surface area (Å²) >= 11 is 0. The first-order chi connectivity index (χ1) is 15.1. The van der Waals surface area contributed by atoms with Crippen molar-refractivity contribution in [1.82, 2.24) is 10.3 Å². The summed E-state index contributed by atoms with van der Waals surface area (Å²) in [5.74, 6) is 0.609. The van der Waals surface area contributed by atoms with Crippen LogP contribution in [0.2, 0.25) is 0 Å². The lowest BCUT2D eigenvalue weighted by Crippen LogP contribution is -2.35. The molecular formula is C27H24N2O2. The van der Waals surface area contributed by atoms with Gasteiger partial charge in [-0.1, -0.05) is 42.5 Å². The van der Waals surface area contributed by atoms with Crippen LogP contribution in [-0.2, 0) is 5.54 Å². The lowest BCUT2D eigenvalue weighted by molar-refractivity contribution is 0.0930. The standard InChI is InChI=1S/C27H24N2O2/c1-18-10-11-21(31-2)17-23(18)26(30)29-27(12-13-27)24-15-20(19-7-4-3-5-8-19)16-25-22(24)9-6-14-28-25/h3-11,14-17H,12-13H2,1-2H3,(H,29,30). The number of amides is 1. The number of methoxy groups -OCH3 is 1. The van der Waals surface area contributed by atoms with Crippen LogP contribution in [0.25, 0.3) is 22.0 Å². The Bertz CT molecular complexity index is 1280. The monoisotopic (exact) mass is 408 g/mol. The number of carbonyl (C=O) groups is 1. The maximum Gasteiger partial charge on any atom is 0.252 e. The van der Waals surface area contributed by atoms with E-state index >= 15 is 0 Å². The molecule has 31 heavy (non-hydrogen) atoms. The van der Waals surface area contributed by atoms with Crippen molar-refractivity contribution in [1.29, 1.82) is 0 Å². The molecule has 0 bridgehead atoms. The number of aryl methyl sites for hydroxylation is 1. The van der Waals surface area contributed by atoms with E-state index < -0.39 is 0 Å². The molecule has 0 radical (unpaired) electrons. The molecule has 1 saturated carbocycles. The molecule has 0 saturated heterocycles. The zero-order valence-corrected chi connectivity index (χ0v) is 17.7. The first-order valence-corrected chi connectivity index (χ1v) is 10.5. The first-order valence-electron chi connectivity index (χ1n) is 10.5. The number of carbonyl (C=O) groups excluding carboxylic acids is 1. The highest BCUT2D eigenvalue weighted by Gasteiger charge is 2.47. The maximum absolute atomic E-state index is 13.3. The molecule has 4 heteroatoms. The molecule has 1 N–H and O–H groups in total. The van der Waals surface area contributed by atoms with Gasteiger partial charge in [-0.25, -0.2) is 0 Å². The highest BCUT2D eigenvalue weighted by molar-refractivity contribution is 5.98. The number of nitrogens with zero attached hydrogens (tertiary/aromatic N) is 1. The third-order valence-electron chi connectivity index (χ3n) is 6.14. The summed E-state index contributed by atoms with van der Waals surface area (Å²) in [4.78, 5) is 17.9. The Morgan fingerprint density at radius 3 is 2.52 bits per heavy atom. The molecule has 0 unspecified atom stereocenters. The molecule has 1 aliphatic rings. The third kappa shape index (κ3) is 3.55. The fraction of sp³-hybridized carbons (Fsp3) is 0.185. The van der Waals surface area contributed by atoms with Crippen LogP contribution in [0.3, 0.4) is 0 Å². The van der Waals surface area contributed by atoms with Gasteiger partial charge in [0.1, 0.15) is 5.75 Å². The second-order valence-corrected chi connectivity index (χ2v) is 8.18. The molecule has 0 spiro atoms. The van der Waals surface area contributed by atoms with Gasteiger partial charge in [0, 0.05) is 17.1 Å². The number of pyridine rings is 1. The lowest BCUT2D eigenvalue weighted by atomic mass is 9.93. The van der Waals surface area contributed by atoms with Crippen LogP contribution in [0.15, 0.2) is 79.0 Å². The number of nitrogens with one attached hydrogen (secondary N) is 1.